The van der Waals surface area contributed by atoms with Gasteiger partial charge in [0.2, 0.25) is 5.91 Å². The first kappa shape index (κ1) is 24.0. The average molecular weight is 559 g/mol. The Labute approximate surface area is 208 Å². The van der Waals surface area contributed by atoms with E-state index in [0.717, 1.165) is 14.9 Å². The lowest BCUT2D eigenvalue weighted by atomic mass is 10.2. The van der Waals surface area contributed by atoms with E-state index in [9.17, 15) is 4.79 Å². The lowest BCUT2D eigenvalue weighted by Gasteiger charge is -2.10. The van der Waals surface area contributed by atoms with Gasteiger partial charge in [-0.25, -0.2) is 5.43 Å². The maximum atomic E-state index is 12.1. The lowest BCUT2D eigenvalue weighted by molar-refractivity contribution is -0.118. The number of nitrogens with zero attached hydrogens (tertiary/aromatic N) is 1. The highest BCUT2D eigenvalue weighted by atomic mass is 79.9. The summed E-state index contributed by atoms with van der Waals surface area (Å²) in [5.41, 5.74) is 4.12. The molecule has 0 aliphatic heterocycles. The summed E-state index contributed by atoms with van der Waals surface area (Å²) in [6, 6.07) is 18.2. The van der Waals surface area contributed by atoms with Crippen LogP contribution in [0.15, 0.2) is 75.1 Å². The predicted octanol–water partition coefficient (Wildman–Crippen LogP) is 7.23. The van der Waals surface area contributed by atoms with E-state index in [4.69, 9.17) is 39.5 Å². The van der Waals surface area contributed by atoms with E-state index in [1.165, 1.54) is 11.8 Å². The van der Waals surface area contributed by atoms with Gasteiger partial charge in [-0.2, -0.15) is 5.10 Å². The standard InChI is InChI=1S/C22H16BrCl3N2O2S/c23-16-2-8-21(30-12-14-1-7-19(25)20(26)9-14)15(10-16)11-27-28-22(29)13-31-18-5-3-17(24)4-6-18/h1-11H,12-13H2,(H,28,29)/b27-11-. The Hall–Kier alpha value is -1.70. The first-order chi connectivity index (χ1) is 14.9. The van der Waals surface area contributed by atoms with Gasteiger partial charge in [0.05, 0.1) is 22.0 Å². The van der Waals surface area contributed by atoms with E-state index in [1.807, 2.05) is 36.4 Å². The van der Waals surface area contributed by atoms with Crippen molar-refractivity contribution in [3.8, 4) is 5.75 Å². The molecule has 0 aliphatic carbocycles. The summed E-state index contributed by atoms with van der Waals surface area (Å²) >= 11 is 22.7. The van der Waals surface area contributed by atoms with Crippen molar-refractivity contribution in [1.29, 1.82) is 0 Å². The molecular formula is C22H16BrCl3N2O2S. The maximum Gasteiger partial charge on any atom is 0.250 e. The molecule has 160 valence electrons. The van der Waals surface area contributed by atoms with Crippen LogP contribution in [-0.4, -0.2) is 17.9 Å². The molecule has 0 radical (unpaired) electrons. The smallest absolute Gasteiger partial charge is 0.250 e. The summed E-state index contributed by atoms with van der Waals surface area (Å²) in [6.45, 7) is 0.309. The minimum atomic E-state index is -0.218. The molecule has 0 fully saturated rings. The molecular weight excluding hydrogens is 543 g/mol. The summed E-state index contributed by atoms with van der Waals surface area (Å²) in [5, 5.41) is 5.67. The van der Waals surface area contributed by atoms with E-state index in [1.54, 1.807) is 30.5 Å². The van der Waals surface area contributed by atoms with Crippen LogP contribution in [-0.2, 0) is 11.4 Å². The van der Waals surface area contributed by atoms with Crippen LogP contribution in [0.2, 0.25) is 15.1 Å². The zero-order valence-electron chi connectivity index (χ0n) is 15.9. The van der Waals surface area contributed by atoms with Gasteiger partial charge in [-0.1, -0.05) is 56.8 Å². The maximum absolute atomic E-state index is 12.1. The molecule has 0 atom stereocenters. The molecule has 3 rings (SSSR count). The van der Waals surface area contributed by atoms with Crippen LogP contribution in [0.1, 0.15) is 11.1 Å². The van der Waals surface area contributed by atoms with E-state index >= 15 is 0 Å². The van der Waals surface area contributed by atoms with Crippen LogP contribution in [0, 0.1) is 0 Å². The second-order valence-corrected chi connectivity index (χ2v) is 9.47. The van der Waals surface area contributed by atoms with Crippen LogP contribution in [0.25, 0.3) is 0 Å². The van der Waals surface area contributed by atoms with Crippen molar-refractivity contribution in [2.45, 2.75) is 11.5 Å². The number of amides is 1. The lowest BCUT2D eigenvalue weighted by Crippen LogP contribution is -2.19. The van der Waals surface area contributed by atoms with Crippen LogP contribution >= 0.6 is 62.5 Å². The number of nitrogens with one attached hydrogen (secondary N) is 1. The minimum absolute atomic E-state index is 0.218. The topological polar surface area (TPSA) is 50.7 Å². The fourth-order valence-corrected chi connectivity index (χ4v) is 3.94. The van der Waals surface area contributed by atoms with Gasteiger partial charge in [0.15, 0.2) is 0 Å². The normalized spacial score (nSPS) is 11.0. The van der Waals surface area contributed by atoms with Crippen molar-refractivity contribution in [3.63, 3.8) is 0 Å². The van der Waals surface area contributed by atoms with Gasteiger partial charge in [-0.15, -0.1) is 11.8 Å². The highest BCUT2D eigenvalue weighted by Gasteiger charge is 2.06. The Kier molecular flexibility index (Phi) is 9.11. The van der Waals surface area contributed by atoms with Crippen molar-refractivity contribution < 1.29 is 9.53 Å². The first-order valence-electron chi connectivity index (χ1n) is 8.97. The molecule has 0 aromatic heterocycles. The fourth-order valence-electron chi connectivity index (χ4n) is 2.43. The highest BCUT2D eigenvalue weighted by molar-refractivity contribution is 9.10. The van der Waals surface area contributed by atoms with Gasteiger partial charge in [-0.3, -0.25) is 4.79 Å². The van der Waals surface area contributed by atoms with Crippen molar-refractivity contribution in [3.05, 3.63) is 91.3 Å². The molecule has 0 aliphatic rings. The molecule has 1 N–H and O–H groups in total. The van der Waals surface area contributed by atoms with Crippen LogP contribution < -0.4 is 10.2 Å². The Morgan fingerprint density at radius 3 is 2.55 bits per heavy atom. The van der Waals surface area contributed by atoms with Crippen LogP contribution in [0.3, 0.4) is 0 Å². The Bertz CT molecular complexity index is 1090. The van der Waals surface area contributed by atoms with Crippen LogP contribution in [0.4, 0.5) is 0 Å². The second-order valence-electron chi connectivity index (χ2n) is 6.26. The second kappa shape index (κ2) is 11.8. The van der Waals surface area contributed by atoms with E-state index < -0.39 is 0 Å². The van der Waals surface area contributed by atoms with Gasteiger partial charge in [0.25, 0.3) is 0 Å². The zero-order valence-corrected chi connectivity index (χ0v) is 20.6. The third kappa shape index (κ3) is 7.74. The molecule has 1 amide bonds. The number of hydrazone groups is 1. The number of thioether (sulfide) groups is 1. The number of benzene rings is 3. The van der Waals surface area contributed by atoms with Gasteiger partial charge in [0, 0.05) is 20.0 Å². The highest BCUT2D eigenvalue weighted by Crippen LogP contribution is 2.26. The SMILES string of the molecule is O=C(CSc1ccc(Cl)cc1)N/N=C\c1cc(Br)ccc1OCc1ccc(Cl)c(Cl)c1. The Morgan fingerprint density at radius 1 is 1.03 bits per heavy atom. The molecule has 0 saturated heterocycles. The number of rotatable bonds is 8. The summed E-state index contributed by atoms with van der Waals surface area (Å²) in [6.07, 6.45) is 1.54. The van der Waals surface area contributed by atoms with Crippen molar-refractivity contribution in [2.75, 3.05) is 5.75 Å². The largest absolute Gasteiger partial charge is 0.488 e. The van der Waals surface area contributed by atoms with Gasteiger partial charge >= 0.3 is 0 Å². The van der Waals surface area contributed by atoms with Gasteiger partial charge in [0.1, 0.15) is 12.4 Å². The molecule has 0 saturated carbocycles. The number of hydrogen-bond acceptors (Lipinski definition) is 4. The molecule has 9 heteroatoms. The molecule has 3 aromatic rings. The molecule has 4 nitrogen and oxygen atoms in total. The molecule has 0 spiro atoms. The Morgan fingerprint density at radius 2 is 1.81 bits per heavy atom. The summed E-state index contributed by atoms with van der Waals surface area (Å²) in [5.74, 6) is 0.630. The monoisotopic (exact) mass is 556 g/mol. The molecule has 31 heavy (non-hydrogen) atoms. The summed E-state index contributed by atoms with van der Waals surface area (Å²) in [7, 11) is 0. The van der Waals surface area contributed by atoms with Gasteiger partial charge in [-0.05, 0) is 60.2 Å². The molecule has 0 unspecified atom stereocenters. The number of ether oxygens (including phenoxy) is 1. The number of hydrogen-bond donors (Lipinski definition) is 1. The number of carbonyl (C=O) groups excluding carboxylic acids is 1. The molecule has 3 aromatic carbocycles. The number of halogens is 4. The minimum Gasteiger partial charge on any atom is -0.488 e. The average Bonchev–Trinajstić information content (AvgIpc) is 2.75. The predicted molar refractivity (Wildman–Crippen MR) is 133 cm³/mol. The van der Waals surface area contributed by atoms with Crippen LogP contribution in [0.5, 0.6) is 5.75 Å². The summed E-state index contributed by atoms with van der Waals surface area (Å²) in [4.78, 5) is 13.0. The molecule has 0 bridgehead atoms. The van der Waals surface area contributed by atoms with Crippen molar-refractivity contribution in [1.82, 2.24) is 5.43 Å². The van der Waals surface area contributed by atoms with E-state index in [2.05, 4.69) is 26.5 Å². The van der Waals surface area contributed by atoms with Gasteiger partial charge < -0.3 is 4.74 Å². The van der Waals surface area contributed by atoms with Crippen molar-refractivity contribution >= 4 is 74.6 Å². The van der Waals surface area contributed by atoms with Crippen molar-refractivity contribution in [2.24, 2.45) is 5.10 Å². The third-order valence-corrected chi connectivity index (χ3v) is 6.42. The Balaban J connectivity index is 1.57. The van der Waals surface area contributed by atoms with E-state index in [-0.39, 0.29) is 11.7 Å². The van der Waals surface area contributed by atoms with E-state index in [0.29, 0.717) is 33.0 Å². The molecule has 0 heterocycles. The number of carbonyl (C=O) groups is 1. The fraction of sp³-hybridized carbons (Fsp3) is 0.0909. The summed E-state index contributed by atoms with van der Waals surface area (Å²) < 4.78 is 6.77. The zero-order chi connectivity index (χ0) is 22.2. The quantitative estimate of drug-likeness (QED) is 0.180. The first-order valence-corrected chi connectivity index (χ1v) is 11.9. The third-order valence-electron chi connectivity index (χ3n) is 3.93.